The highest BCUT2D eigenvalue weighted by Gasteiger charge is 2.86. The summed E-state index contributed by atoms with van der Waals surface area (Å²) in [5, 5.41) is -6.86. The molecular formula is C12H11F9O3S2. The first-order chi connectivity index (χ1) is 11.3. The van der Waals surface area contributed by atoms with Gasteiger partial charge in [-0.15, -0.1) is 0 Å². The second-order valence-electron chi connectivity index (χ2n) is 5.23. The molecule has 0 atom stereocenters. The molecule has 0 saturated heterocycles. The Morgan fingerprint density at radius 3 is 1.58 bits per heavy atom. The zero-order valence-electron chi connectivity index (χ0n) is 12.8. The van der Waals surface area contributed by atoms with Gasteiger partial charge in [-0.3, -0.25) is 0 Å². The molecule has 0 aliphatic carbocycles. The molecule has 1 rings (SSSR count). The molecule has 0 aliphatic heterocycles. The van der Waals surface area contributed by atoms with Crippen LogP contribution < -0.4 is 0 Å². The van der Waals surface area contributed by atoms with Crippen molar-refractivity contribution in [2.45, 2.75) is 28.2 Å². The Balaban J connectivity index is 3.38. The SMILES string of the molecule is CS(C)(OS(=O)(=O)C(F)(F)C(F)(F)C(F)(F)C(F)(F)F)c1ccccc1. The van der Waals surface area contributed by atoms with E-state index < -0.39 is 43.7 Å². The van der Waals surface area contributed by atoms with E-state index in [0.717, 1.165) is 12.5 Å². The molecule has 0 amide bonds. The van der Waals surface area contributed by atoms with Crippen LogP contribution in [0.4, 0.5) is 39.5 Å². The molecule has 1 aromatic rings. The molecule has 0 heterocycles. The number of hydrogen-bond acceptors (Lipinski definition) is 3. The van der Waals surface area contributed by atoms with Gasteiger partial charge in [0.2, 0.25) is 0 Å². The van der Waals surface area contributed by atoms with Crippen molar-refractivity contribution in [3.63, 3.8) is 0 Å². The van der Waals surface area contributed by atoms with E-state index in [1.807, 2.05) is 0 Å². The van der Waals surface area contributed by atoms with Gasteiger partial charge in [0.15, 0.2) is 0 Å². The van der Waals surface area contributed by atoms with Gasteiger partial charge in [0, 0.05) is 4.90 Å². The Morgan fingerprint density at radius 2 is 1.19 bits per heavy atom. The van der Waals surface area contributed by atoms with Gasteiger partial charge in [0.1, 0.15) is 0 Å². The average molecular weight is 438 g/mol. The summed E-state index contributed by atoms with van der Waals surface area (Å²) in [6, 6.07) is 6.40. The van der Waals surface area contributed by atoms with Crippen molar-refractivity contribution < 1.29 is 51.6 Å². The van der Waals surface area contributed by atoms with Crippen molar-refractivity contribution in [1.82, 2.24) is 0 Å². The lowest BCUT2D eigenvalue weighted by molar-refractivity contribution is -0.382. The molecule has 0 fully saturated rings. The van der Waals surface area contributed by atoms with E-state index in [2.05, 4.69) is 3.63 Å². The smallest absolute Gasteiger partial charge is 0.211 e. The zero-order chi connectivity index (χ0) is 20.8. The molecule has 0 saturated carbocycles. The van der Waals surface area contributed by atoms with E-state index in [1.54, 1.807) is 0 Å². The van der Waals surface area contributed by atoms with E-state index in [9.17, 15) is 47.9 Å². The predicted molar refractivity (Wildman–Crippen MR) is 75.0 cm³/mol. The van der Waals surface area contributed by atoms with E-state index in [0.29, 0.717) is 0 Å². The summed E-state index contributed by atoms with van der Waals surface area (Å²) < 4.78 is 143. The molecule has 0 radical (unpaired) electrons. The van der Waals surface area contributed by atoms with Gasteiger partial charge in [0.05, 0.1) is 0 Å². The van der Waals surface area contributed by atoms with Crippen molar-refractivity contribution in [2.24, 2.45) is 0 Å². The number of rotatable bonds is 6. The van der Waals surface area contributed by atoms with Crippen LogP contribution in [-0.4, -0.2) is 44.2 Å². The van der Waals surface area contributed by atoms with Gasteiger partial charge in [-0.1, -0.05) is 28.5 Å². The summed E-state index contributed by atoms with van der Waals surface area (Å²) in [5.74, 6) is -14.6. The fourth-order valence-corrected chi connectivity index (χ4v) is 5.27. The quantitative estimate of drug-likeness (QED) is 0.600. The number of hydrogen-bond donors (Lipinski definition) is 0. The molecule has 14 heteroatoms. The number of benzene rings is 1. The van der Waals surface area contributed by atoms with Crippen molar-refractivity contribution in [1.29, 1.82) is 0 Å². The number of halogens is 9. The Kier molecular flexibility index (Phi) is 5.70. The van der Waals surface area contributed by atoms with Crippen molar-refractivity contribution in [3.05, 3.63) is 30.3 Å². The standard InChI is InChI=1S/C12H11F9O3S2/c1-25(2,8-6-4-3-5-7-8)24-26(22,23)12(20,21)10(15,16)9(13,14)11(17,18)19/h3-7H,1-2H3. The average Bonchev–Trinajstić information content (AvgIpc) is 2.45. The summed E-state index contributed by atoms with van der Waals surface area (Å²) in [5.41, 5.74) is 0. The highest BCUT2D eigenvalue weighted by molar-refractivity contribution is 8.32. The summed E-state index contributed by atoms with van der Waals surface area (Å²) in [4.78, 5) is -0.0646. The third kappa shape index (κ3) is 3.63. The Labute approximate surface area is 143 Å². The molecule has 0 aromatic heterocycles. The molecule has 0 unspecified atom stereocenters. The predicted octanol–water partition coefficient (Wildman–Crippen LogP) is 4.80. The van der Waals surface area contributed by atoms with Crippen LogP contribution in [0.1, 0.15) is 0 Å². The summed E-state index contributed by atoms with van der Waals surface area (Å²) in [7, 11) is -10.2. The van der Waals surface area contributed by atoms with E-state index in [1.165, 1.54) is 30.3 Å². The van der Waals surface area contributed by atoms with Crippen molar-refractivity contribution in [2.75, 3.05) is 12.5 Å². The van der Waals surface area contributed by atoms with Gasteiger partial charge in [-0.25, -0.2) is 3.63 Å². The topological polar surface area (TPSA) is 43.4 Å². The maximum absolute atomic E-state index is 13.6. The van der Waals surface area contributed by atoms with Crippen LogP contribution in [0.5, 0.6) is 0 Å². The summed E-state index contributed by atoms with van der Waals surface area (Å²) >= 11 is 0. The molecule has 1 aromatic carbocycles. The fraction of sp³-hybridized carbons (Fsp3) is 0.500. The van der Waals surface area contributed by atoms with E-state index >= 15 is 0 Å². The lowest BCUT2D eigenvalue weighted by Gasteiger charge is -2.36. The third-order valence-electron chi connectivity index (χ3n) is 3.00. The van der Waals surface area contributed by atoms with Crippen LogP contribution in [0.3, 0.4) is 0 Å². The maximum Gasteiger partial charge on any atom is 0.460 e. The fourth-order valence-electron chi connectivity index (χ4n) is 1.57. The second-order valence-corrected chi connectivity index (χ2v) is 10.1. The van der Waals surface area contributed by atoms with Gasteiger partial charge in [0.25, 0.3) is 0 Å². The largest absolute Gasteiger partial charge is 0.460 e. The lowest BCUT2D eigenvalue weighted by atomic mass is 10.1. The highest BCUT2D eigenvalue weighted by Crippen LogP contribution is 2.59. The molecule has 0 N–H and O–H groups in total. The van der Waals surface area contributed by atoms with Crippen LogP contribution in [0.15, 0.2) is 35.2 Å². The minimum absolute atomic E-state index is 0.0646. The minimum atomic E-state index is -7.33. The number of alkyl halides is 9. The van der Waals surface area contributed by atoms with Crippen LogP contribution in [0, 0.1) is 0 Å². The Hall–Kier alpha value is -1.15. The van der Waals surface area contributed by atoms with Gasteiger partial charge >= 0.3 is 33.4 Å². The van der Waals surface area contributed by atoms with Crippen molar-refractivity contribution in [3.8, 4) is 0 Å². The van der Waals surface area contributed by atoms with Crippen LogP contribution in [0.25, 0.3) is 0 Å². The molecule has 0 aliphatic rings. The molecule has 0 spiro atoms. The highest BCUT2D eigenvalue weighted by atomic mass is 32.3. The summed E-state index contributed by atoms with van der Waals surface area (Å²) in [6.45, 7) is 0. The third-order valence-corrected chi connectivity index (χ3v) is 7.37. The molecule has 3 nitrogen and oxygen atoms in total. The van der Waals surface area contributed by atoms with E-state index in [-0.39, 0.29) is 4.90 Å². The maximum atomic E-state index is 13.6. The van der Waals surface area contributed by atoms with Crippen molar-refractivity contribution >= 4 is 20.4 Å². The molecule has 0 bridgehead atoms. The van der Waals surface area contributed by atoms with Crippen LogP contribution in [0.2, 0.25) is 0 Å². The van der Waals surface area contributed by atoms with Gasteiger partial charge in [-0.05, 0) is 24.6 Å². The first-order valence-corrected chi connectivity index (χ1v) is 10.0. The zero-order valence-corrected chi connectivity index (χ0v) is 14.5. The Bertz CT molecular complexity index is 743. The van der Waals surface area contributed by atoms with E-state index in [4.69, 9.17) is 0 Å². The molecule has 152 valence electrons. The van der Waals surface area contributed by atoms with Crippen LogP contribution in [-0.2, 0) is 13.7 Å². The second kappa shape index (κ2) is 6.48. The van der Waals surface area contributed by atoms with Gasteiger partial charge in [-0.2, -0.15) is 47.9 Å². The normalized spacial score (nSPS) is 15.8. The first-order valence-electron chi connectivity index (χ1n) is 6.25. The first kappa shape index (κ1) is 22.9. The Morgan fingerprint density at radius 1 is 0.769 bits per heavy atom. The van der Waals surface area contributed by atoms with Crippen LogP contribution >= 0.6 is 10.3 Å². The molecule has 26 heavy (non-hydrogen) atoms. The lowest BCUT2D eigenvalue weighted by Crippen LogP contribution is -2.63. The minimum Gasteiger partial charge on any atom is -0.211 e. The summed E-state index contributed by atoms with van der Waals surface area (Å²) in [6.07, 6.45) is -5.33. The monoisotopic (exact) mass is 438 g/mol. The van der Waals surface area contributed by atoms with Gasteiger partial charge < -0.3 is 0 Å². The molecular weight excluding hydrogens is 427 g/mol.